The number of aromatic nitrogens is 4. The Balaban J connectivity index is 1.48. The fraction of sp³-hybridized carbons (Fsp3) is 0.381. The topological polar surface area (TPSA) is 82.1 Å². The molecule has 5 rings (SSSR count). The molecular weight excluding hydrogens is 468 g/mol. The van der Waals surface area contributed by atoms with Crippen LogP contribution in [0.15, 0.2) is 41.3 Å². The third-order valence-electron chi connectivity index (χ3n) is 6.29. The lowest BCUT2D eigenvalue weighted by molar-refractivity contribution is 0.408. The van der Waals surface area contributed by atoms with Gasteiger partial charge in [-0.25, -0.2) is 14.6 Å². The van der Waals surface area contributed by atoms with Crippen molar-refractivity contribution in [2.24, 2.45) is 0 Å². The van der Waals surface area contributed by atoms with Crippen molar-refractivity contribution in [3.05, 3.63) is 57.4 Å². The van der Waals surface area contributed by atoms with Gasteiger partial charge in [0.05, 0.1) is 22.6 Å². The maximum absolute atomic E-state index is 6.83. The summed E-state index contributed by atoms with van der Waals surface area (Å²) in [6.45, 7) is 1.64. The van der Waals surface area contributed by atoms with Crippen LogP contribution in [-0.4, -0.2) is 33.4 Å². The highest BCUT2D eigenvalue weighted by Gasteiger charge is 2.50. The Hall–Kier alpha value is -2.32. The lowest BCUT2D eigenvalue weighted by Crippen LogP contribution is -2.31. The molecule has 2 aromatic heterocycles. The average Bonchev–Trinajstić information content (AvgIpc) is 3.44. The van der Waals surface area contributed by atoms with Gasteiger partial charge in [0.25, 0.3) is 0 Å². The summed E-state index contributed by atoms with van der Waals surface area (Å²) in [6, 6.07) is 8.42. The first kappa shape index (κ1) is 19.6. The van der Waals surface area contributed by atoms with Crippen LogP contribution in [-0.2, 0) is 12.0 Å². The molecule has 1 aromatic carbocycles. The number of nitrogens with two attached hydrogens (primary N) is 1. The molecule has 9 heteroatoms. The second kappa shape index (κ2) is 7.42. The number of nitrogen functional groups attached to an aromatic ring is 1. The number of nitrogens with zero attached hydrogens (tertiary/aromatic N) is 5. The number of pyridine rings is 1. The smallest absolute Gasteiger partial charge is 0.239 e. The zero-order valence-electron chi connectivity index (χ0n) is 16.6. The van der Waals surface area contributed by atoms with Crippen LogP contribution in [0.3, 0.4) is 0 Å². The monoisotopic (exact) mass is 488 g/mol. The zero-order chi connectivity index (χ0) is 20.9. The highest BCUT2D eigenvalue weighted by atomic mass is 79.9. The Labute approximate surface area is 188 Å². The van der Waals surface area contributed by atoms with E-state index in [9.17, 15) is 0 Å². The molecule has 1 spiro atoms. The van der Waals surface area contributed by atoms with E-state index in [4.69, 9.17) is 27.1 Å². The Bertz CT molecular complexity index is 1090. The van der Waals surface area contributed by atoms with Gasteiger partial charge >= 0.3 is 0 Å². The van der Waals surface area contributed by atoms with E-state index in [-0.39, 0.29) is 11.5 Å². The number of hydrogen-bond donors (Lipinski definition) is 1. The maximum Gasteiger partial charge on any atom is 0.239 e. The van der Waals surface area contributed by atoms with Crippen LogP contribution in [0.2, 0.25) is 5.02 Å². The van der Waals surface area contributed by atoms with Crippen molar-refractivity contribution in [1.82, 2.24) is 19.7 Å². The third-order valence-corrected chi connectivity index (χ3v) is 7.51. The first-order chi connectivity index (χ1) is 14.5. The molecule has 2 atom stereocenters. The Kier molecular flexibility index (Phi) is 4.86. The summed E-state index contributed by atoms with van der Waals surface area (Å²) in [5.74, 6) is 2.14. The molecule has 1 aliphatic carbocycles. The molecule has 30 heavy (non-hydrogen) atoms. The van der Waals surface area contributed by atoms with Crippen molar-refractivity contribution < 1.29 is 4.74 Å². The van der Waals surface area contributed by atoms with E-state index in [1.165, 1.54) is 5.56 Å². The summed E-state index contributed by atoms with van der Waals surface area (Å²) >= 11 is 10.4. The van der Waals surface area contributed by atoms with Crippen molar-refractivity contribution in [1.29, 1.82) is 0 Å². The van der Waals surface area contributed by atoms with Gasteiger partial charge in [-0.3, -0.25) is 0 Å². The SMILES string of the molecule is COc1ccc(CN2CC3(CCC(n4cnc(N)n4)C3)c3c2ncc(Br)c3Cl)cc1. The Morgan fingerprint density at radius 1 is 1.30 bits per heavy atom. The Morgan fingerprint density at radius 2 is 2.10 bits per heavy atom. The van der Waals surface area contributed by atoms with E-state index < -0.39 is 0 Å². The van der Waals surface area contributed by atoms with E-state index in [1.807, 2.05) is 16.8 Å². The summed E-state index contributed by atoms with van der Waals surface area (Å²) in [7, 11) is 1.68. The average molecular weight is 490 g/mol. The largest absolute Gasteiger partial charge is 0.497 e. The van der Waals surface area contributed by atoms with E-state index >= 15 is 0 Å². The number of hydrogen-bond acceptors (Lipinski definition) is 6. The molecule has 156 valence electrons. The Morgan fingerprint density at radius 3 is 2.80 bits per heavy atom. The molecule has 0 amide bonds. The van der Waals surface area contributed by atoms with Gasteiger partial charge in [0.15, 0.2) is 0 Å². The van der Waals surface area contributed by atoms with E-state index in [0.717, 1.165) is 59.0 Å². The van der Waals surface area contributed by atoms with Crippen molar-refractivity contribution >= 4 is 39.3 Å². The predicted molar refractivity (Wildman–Crippen MR) is 120 cm³/mol. The fourth-order valence-electron chi connectivity index (χ4n) is 4.93. The lowest BCUT2D eigenvalue weighted by atomic mass is 9.81. The van der Waals surface area contributed by atoms with Crippen LogP contribution in [0.4, 0.5) is 11.8 Å². The minimum absolute atomic E-state index is 0.0684. The number of methoxy groups -OCH3 is 1. The van der Waals surface area contributed by atoms with Crippen molar-refractivity contribution in [2.75, 3.05) is 24.3 Å². The fourth-order valence-corrected chi connectivity index (χ4v) is 5.56. The first-order valence-electron chi connectivity index (χ1n) is 9.88. The second-order valence-electron chi connectivity index (χ2n) is 8.08. The van der Waals surface area contributed by atoms with Crippen molar-refractivity contribution in [2.45, 2.75) is 37.3 Å². The second-order valence-corrected chi connectivity index (χ2v) is 9.31. The summed E-state index contributed by atoms with van der Waals surface area (Å²) in [4.78, 5) is 11.2. The van der Waals surface area contributed by atoms with Crippen LogP contribution in [0.25, 0.3) is 0 Å². The molecule has 0 radical (unpaired) electrons. The number of fused-ring (bicyclic) bond motifs is 2. The molecule has 2 unspecified atom stereocenters. The van der Waals surface area contributed by atoms with Gasteiger partial charge in [-0.2, -0.15) is 0 Å². The van der Waals surface area contributed by atoms with Gasteiger partial charge in [0, 0.05) is 30.3 Å². The van der Waals surface area contributed by atoms with E-state index in [2.05, 4.69) is 43.0 Å². The first-order valence-corrected chi connectivity index (χ1v) is 11.1. The molecule has 0 bridgehead atoms. The van der Waals surface area contributed by atoms with Crippen LogP contribution >= 0.6 is 27.5 Å². The third kappa shape index (κ3) is 3.22. The molecule has 2 aliphatic rings. The van der Waals surface area contributed by atoms with E-state index in [0.29, 0.717) is 5.95 Å². The normalized spacial score (nSPS) is 22.6. The van der Waals surface area contributed by atoms with Crippen LogP contribution in [0, 0.1) is 0 Å². The molecule has 1 fully saturated rings. The molecular formula is C21H22BrClN6O. The summed E-state index contributed by atoms with van der Waals surface area (Å²) < 4.78 is 8.02. The summed E-state index contributed by atoms with van der Waals surface area (Å²) in [5, 5.41) is 5.11. The molecule has 3 heterocycles. The van der Waals surface area contributed by atoms with Gasteiger partial charge in [-0.05, 0) is 52.9 Å². The van der Waals surface area contributed by atoms with Gasteiger partial charge in [0.1, 0.15) is 17.9 Å². The van der Waals surface area contributed by atoms with Crippen LogP contribution in [0.1, 0.15) is 36.4 Å². The van der Waals surface area contributed by atoms with Crippen LogP contribution < -0.4 is 15.4 Å². The highest BCUT2D eigenvalue weighted by Crippen LogP contribution is 2.56. The molecule has 2 N–H and O–H groups in total. The number of anilines is 2. The van der Waals surface area contributed by atoms with Crippen LogP contribution in [0.5, 0.6) is 5.75 Å². The number of rotatable bonds is 4. The van der Waals surface area contributed by atoms with Gasteiger partial charge in [-0.1, -0.05) is 23.7 Å². The maximum atomic E-state index is 6.83. The lowest BCUT2D eigenvalue weighted by Gasteiger charge is -2.26. The highest BCUT2D eigenvalue weighted by molar-refractivity contribution is 9.10. The molecule has 0 saturated heterocycles. The van der Waals surface area contributed by atoms with Gasteiger partial charge in [0.2, 0.25) is 5.95 Å². The van der Waals surface area contributed by atoms with Crippen molar-refractivity contribution in [3.8, 4) is 5.75 Å². The van der Waals surface area contributed by atoms with Gasteiger partial charge in [-0.15, -0.1) is 5.10 Å². The molecule has 3 aromatic rings. The number of ether oxygens (including phenoxy) is 1. The number of benzene rings is 1. The number of halogens is 2. The summed E-state index contributed by atoms with van der Waals surface area (Å²) in [5.41, 5.74) is 8.02. The molecule has 7 nitrogen and oxygen atoms in total. The molecule has 1 saturated carbocycles. The molecule has 1 aliphatic heterocycles. The zero-order valence-corrected chi connectivity index (χ0v) is 18.9. The minimum Gasteiger partial charge on any atom is -0.497 e. The standard InChI is InChI=1S/C21H22BrClN6O/c1-30-15-4-2-13(3-5-15)10-28-11-21(17-18(23)16(22)9-25-19(17)28)7-6-14(8-21)29-12-26-20(24)27-29/h2-5,9,12,14H,6-8,10-11H2,1H3,(H2,24,27). The summed E-state index contributed by atoms with van der Waals surface area (Å²) in [6.07, 6.45) is 6.47. The van der Waals surface area contributed by atoms with E-state index in [1.54, 1.807) is 19.6 Å². The van der Waals surface area contributed by atoms with Gasteiger partial charge < -0.3 is 15.4 Å². The predicted octanol–water partition coefficient (Wildman–Crippen LogP) is 4.36. The van der Waals surface area contributed by atoms with Crippen molar-refractivity contribution in [3.63, 3.8) is 0 Å². The quantitative estimate of drug-likeness (QED) is 0.586. The minimum atomic E-state index is -0.0684.